The van der Waals surface area contributed by atoms with Gasteiger partial charge in [0.2, 0.25) is 0 Å². The third-order valence-electron chi connectivity index (χ3n) is 3.66. The van der Waals surface area contributed by atoms with E-state index < -0.39 is 0 Å². The molecule has 3 aromatic carbocycles. The second kappa shape index (κ2) is 6.07. The lowest BCUT2D eigenvalue weighted by atomic mass is 9.96. The van der Waals surface area contributed by atoms with Gasteiger partial charge in [0.15, 0.2) is 0 Å². The van der Waals surface area contributed by atoms with Gasteiger partial charge < -0.3 is 5.32 Å². The molecule has 3 aromatic rings. The van der Waals surface area contributed by atoms with Crippen molar-refractivity contribution in [1.29, 1.82) is 0 Å². The van der Waals surface area contributed by atoms with Crippen molar-refractivity contribution in [2.75, 3.05) is 7.05 Å². The fourth-order valence-electron chi connectivity index (χ4n) is 2.62. The van der Waals surface area contributed by atoms with Crippen LogP contribution in [0.3, 0.4) is 0 Å². The minimum absolute atomic E-state index is 0.0146. The zero-order valence-corrected chi connectivity index (χ0v) is 13.1. The molecule has 0 aliphatic heterocycles. The quantitative estimate of drug-likeness (QED) is 0.677. The number of nitrogens with one attached hydrogen (secondary N) is 1. The lowest BCUT2D eigenvalue weighted by molar-refractivity contribution is 0.693. The minimum atomic E-state index is 0.0146. The highest BCUT2D eigenvalue weighted by atomic mass is 35.5. The molecule has 21 heavy (non-hydrogen) atoms. The molecule has 0 fully saturated rings. The summed E-state index contributed by atoms with van der Waals surface area (Å²) in [7, 11) is 1.93. The standard InChI is InChI=1S/C18H15Cl2N/c1-21-18(16-11-15(19)8-9-17(16)20)14-7-6-12-4-2-3-5-13(12)10-14/h2-11,18,21H,1H3. The number of halogens is 2. The van der Waals surface area contributed by atoms with E-state index in [-0.39, 0.29) is 6.04 Å². The first-order chi connectivity index (χ1) is 10.2. The van der Waals surface area contributed by atoms with Gasteiger partial charge in [0.25, 0.3) is 0 Å². The molecule has 0 aliphatic carbocycles. The third kappa shape index (κ3) is 2.91. The van der Waals surface area contributed by atoms with Crippen LogP contribution in [-0.4, -0.2) is 7.05 Å². The Balaban J connectivity index is 2.11. The highest BCUT2D eigenvalue weighted by Gasteiger charge is 2.16. The van der Waals surface area contributed by atoms with E-state index >= 15 is 0 Å². The highest BCUT2D eigenvalue weighted by Crippen LogP contribution is 2.31. The average molecular weight is 316 g/mol. The highest BCUT2D eigenvalue weighted by molar-refractivity contribution is 6.33. The lowest BCUT2D eigenvalue weighted by Gasteiger charge is -2.19. The molecular weight excluding hydrogens is 301 g/mol. The number of hydrogen-bond donors (Lipinski definition) is 1. The van der Waals surface area contributed by atoms with Crippen LogP contribution in [0.15, 0.2) is 60.7 Å². The molecule has 0 bridgehead atoms. The van der Waals surface area contributed by atoms with Crippen LogP contribution in [0.5, 0.6) is 0 Å². The van der Waals surface area contributed by atoms with Crippen LogP contribution >= 0.6 is 23.2 Å². The predicted octanol–water partition coefficient (Wildman–Crippen LogP) is 5.46. The summed E-state index contributed by atoms with van der Waals surface area (Å²) in [6.45, 7) is 0. The van der Waals surface area contributed by atoms with Crippen molar-refractivity contribution in [3.63, 3.8) is 0 Å². The lowest BCUT2D eigenvalue weighted by Crippen LogP contribution is -2.18. The van der Waals surface area contributed by atoms with Crippen molar-refractivity contribution in [2.24, 2.45) is 0 Å². The summed E-state index contributed by atoms with van der Waals surface area (Å²) in [5, 5.41) is 7.18. The third-order valence-corrected chi connectivity index (χ3v) is 4.24. The maximum atomic E-state index is 6.34. The van der Waals surface area contributed by atoms with Crippen LogP contribution in [0, 0.1) is 0 Å². The molecule has 0 aromatic heterocycles. The van der Waals surface area contributed by atoms with Gasteiger partial charge in [-0.3, -0.25) is 0 Å². The minimum Gasteiger partial charge on any atom is -0.309 e. The van der Waals surface area contributed by atoms with Crippen molar-refractivity contribution in [2.45, 2.75) is 6.04 Å². The van der Waals surface area contributed by atoms with Crippen molar-refractivity contribution >= 4 is 34.0 Å². The molecule has 1 N–H and O–H groups in total. The van der Waals surface area contributed by atoms with Crippen molar-refractivity contribution in [3.8, 4) is 0 Å². The fourth-order valence-corrected chi connectivity index (χ4v) is 3.03. The first-order valence-electron chi connectivity index (χ1n) is 6.80. The summed E-state index contributed by atoms with van der Waals surface area (Å²) in [5.41, 5.74) is 2.15. The summed E-state index contributed by atoms with van der Waals surface area (Å²) >= 11 is 12.5. The van der Waals surface area contributed by atoms with Gasteiger partial charge in [-0.2, -0.15) is 0 Å². The van der Waals surface area contributed by atoms with Gasteiger partial charge in [0, 0.05) is 10.0 Å². The molecular formula is C18H15Cl2N. The van der Waals surface area contributed by atoms with Crippen molar-refractivity contribution in [1.82, 2.24) is 5.32 Å². The molecule has 0 aliphatic rings. The van der Waals surface area contributed by atoms with Gasteiger partial charge in [0.05, 0.1) is 6.04 Å². The maximum Gasteiger partial charge on any atom is 0.0589 e. The topological polar surface area (TPSA) is 12.0 Å². The number of fused-ring (bicyclic) bond motifs is 1. The number of rotatable bonds is 3. The molecule has 1 nitrogen and oxygen atoms in total. The zero-order valence-electron chi connectivity index (χ0n) is 11.6. The molecule has 3 rings (SSSR count). The van der Waals surface area contributed by atoms with E-state index in [4.69, 9.17) is 23.2 Å². The van der Waals surface area contributed by atoms with Crippen LogP contribution in [0.2, 0.25) is 10.0 Å². The van der Waals surface area contributed by atoms with Crippen LogP contribution in [-0.2, 0) is 0 Å². The van der Waals surface area contributed by atoms with E-state index in [0.29, 0.717) is 10.0 Å². The van der Waals surface area contributed by atoms with Gasteiger partial charge >= 0.3 is 0 Å². The predicted molar refractivity (Wildman–Crippen MR) is 91.3 cm³/mol. The van der Waals surface area contributed by atoms with Crippen LogP contribution in [0.25, 0.3) is 10.8 Å². The van der Waals surface area contributed by atoms with Crippen molar-refractivity contribution < 1.29 is 0 Å². The molecule has 0 saturated heterocycles. The van der Waals surface area contributed by atoms with Crippen LogP contribution in [0.4, 0.5) is 0 Å². The molecule has 0 amide bonds. The molecule has 0 saturated carbocycles. The molecule has 106 valence electrons. The Hall–Kier alpha value is -1.54. The van der Waals surface area contributed by atoms with Gasteiger partial charge in [-0.25, -0.2) is 0 Å². The van der Waals surface area contributed by atoms with Crippen LogP contribution < -0.4 is 5.32 Å². The largest absolute Gasteiger partial charge is 0.309 e. The Morgan fingerprint density at radius 3 is 2.38 bits per heavy atom. The summed E-state index contributed by atoms with van der Waals surface area (Å²) in [4.78, 5) is 0. The molecule has 0 spiro atoms. The van der Waals surface area contributed by atoms with Gasteiger partial charge in [0.1, 0.15) is 0 Å². The van der Waals surface area contributed by atoms with E-state index in [2.05, 4.69) is 35.6 Å². The van der Waals surface area contributed by atoms with Gasteiger partial charge in [-0.05, 0) is 53.2 Å². The van der Waals surface area contributed by atoms with Gasteiger partial charge in [-0.1, -0.05) is 59.6 Å². The van der Waals surface area contributed by atoms with Gasteiger partial charge in [-0.15, -0.1) is 0 Å². The second-order valence-electron chi connectivity index (χ2n) is 4.99. The number of benzene rings is 3. The van der Waals surface area contributed by atoms with E-state index in [9.17, 15) is 0 Å². The Kier molecular flexibility index (Phi) is 4.16. The molecule has 0 radical (unpaired) electrons. The van der Waals surface area contributed by atoms with E-state index in [1.165, 1.54) is 16.3 Å². The van der Waals surface area contributed by atoms with E-state index in [0.717, 1.165) is 5.56 Å². The smallest absolute Gasteiger partial charge is 0.0589 e. The average Bonchev–Trinajstić information content (AvgIpc) is 2.51. The first-order valence-corrected chi connectivity index (χ1v) is 7.55. The second-order valence-corrected chi connectivity index (χ2v) is 5.84. The summed E-state index contributed by atoms with van der Waals surface area (Å²) in [6, 6.07) is 20.3. The molecule has 1 atom stereocenters. The molecule has 3 heteroatoms. The van der Waals surface area contributed by atoms with E-state index in [1.54, 1.807) is 6.07 Å². The maximum absolute atomic E-state index is 6.34. The Morgan fingerprint density at radius 1 is 0.857 bits per heavy atom. The normalized spacial score (nSPS) is 12.5. The van der Waals surface area contributed by atoms with Crippen molar-refractivity contribution in [3.05, 3.63) is 81.8 Å². The Labute approximate surface area is 134 Å². The zero-order chi connectivity index (χ0) is 14.8. The Bertz CT molecular complexity index is 783. The SMILES string of the molecule is CNC(c1ccc2ccccc2c1)c1cc(Cl)ccc1Cl. The van der Waals surface area contributed by atoms with Crippen LogP contribution in [0.1, 0.15) is 17.2 Å². The number of hydrogen-bond acceptors (Lipinski definition) is 1. The van der Waals surface area contributed by atoms with E-state index in [1.807, 2.05) is 31.3 Å². The summed E-state index contributed by atoms with van der Waals surface area (Å²) in [5.74, 6) is 0. The summed E-state index contributed by atoms with van der Waals surface area (Å²) in [6.07, 6.45) is 0. The molecule has 0 heterocycles. The fraction of sp³-hybridized carbons (Fsp3) is 0.111. The monoisotopic (exact) mass is 315 g/mol. The Morgan fingerprint density at radius 2 is 1.62 bits per heavy atom. The first kappa shape index (κ1) is 14.4. The molecule has 1 unspecified atom stereocenters. The summed E-state index contributed by atoms with van der Waals surface area (Å²) < 4.78 is 0.